The van der Waals surface area contributed by atoms with Crippen molar-refractivity contribution in [2.24, 2.45) is 0 Å². The average Bonchev–Trinajstić information content (AvgIpc) is 2.79. The van der Waals surface area contributed by atoms with E-state index in [1.807, 2.05) is 92.7 Å². The van der Waals surface area contributed by atoms with E-state index in [1.165, 1.54) is 0 Å². The molecule has 0 saturated heterocycles. The lowest BCUT2D eigenvalue weighted by Gasteiger charge is -2.41. The number of halogens is 2. The second-order valence-electron chi connectivity index (χ2n) is 7.50. The number of aryl methyl sites for hydroxylation is 2. The van der Waals surface area contributed by atoms with Crippen molar-refractivity contribution in [3.63, 3.8) is 0 Å². The Morgan fingerprint density at radius 2 is 1.18 bits per heavy atom. The monoisotopic (exact) mass is 484 g/mol. The Hall–Kier alpha value is -3.00. The van der Waals surface area contributed by atoms with Crippen molar-refractivity contribution in [3.8, 4) is 0 Å². The van der Waals surface area contributed by atoms with Crippen molar-refractivity contribution in [2.75, 3.05) is 0 Å². The minimum Gasteiger partial charge on any atom is -0.207 e. The Kier molecular flexibility index (Phi) is 6.38. The zero-order chi connectivity index (χ0) is 23.6. The average molecular weight is 485 g/mol. The number of rotatable bonds is 6. The third kappa shape index (κ3) is 4.31. The van der Waals surface area contributed by atoms with Crippen LogP contribution in [0.3, 0.4) is 0 Å². The molecule has 0 aromatic heterocycles. The van der Waals surface area contributed by atoms with Gasteiger partial charge >= 0.3 is 10.1 Å². The van der Waals surface area contributed by atoms with Gasteiger partial charge in [0.25, 0.3) is 0 Å². The number of hydrogen-bond donors (Lipinski definition) is 0. The van der Waals surface area contributed by atoms with E-state index in [2.05, 4.69) is 0 Å². The largest absolute Gasteiger partial charge is 0.310 e. The molecule has 0 aliphatic carbocycles. The van der Waals surface area contributed by atoms with E-state index in [-0.39, 0.29) is 0 Å². The quantitative estimate of drug-likeness (QED) is 0.291. The van der Waals surface area contributed by atoms with Crippen LogP contribution in [0.5, 0.6) is 0 Å². The van der Waals surface area contributed by atoms with Crippen LogP contribution in [0.1, 0.15) is 11.1 Å². The van der Waals surface area contributed by atoms with Gasteiger partial charge in [-0.3, -0.25) is 0 Å². The Morgan fingerprint density at radius 3 is 1.67 bits per heavy atom. The van der Waals surface area contributed by atoms with Crippen LogP contribution < -0.4 is 0 Å². The molecule has 0 unspecified atom stereocenters. The highest BCUT2D eigenvalue weighted by Crippen LogP contribution is 2.71. The van der Waals surface area contributed by atoms with E-state index in [0.717, 1.165) is 23.3 Å². The van der Waals surface area contributed by atoms with Gasteiger partial charge in [0.1, 0.15) is 16.5 Å². The third-order valence-corrected chi connectivity index (χ3v) is 10.7. The third-order valence-electron chi connectivity index (χ3n) is 5.20. The molecule has 4 aromatic carbocycles. The van der Waals surface area contributed by atoms with Crippen LogP contribution in [0, 0.1) is 25.5 Å². The molecule has 4 rings (SSSR count). The van der Waals surface area contributed by atoms with E-state index in [1.54, 1.807) is 0 Å². The van der Waals surface area contributed by atoms with Gasteiger partial charge in [-0.05, 0) is 71.7 Å². The van der Waals surface area contributed by atoms with Crippen LogP contribution >= 0.6 is 10.3 Å². The fourth-order valence-corrected chi connectivity index (χ4v) is 9.48. The summed E-state index contributed by atoms with van der Waals surface area (Å²) in [7, 11) is -7.52. The summed E-state index contributed by atoms with van der Waals surface area (Å²) in [5, 5.41) is 0. The van der Waals surface area contributed by atoms with Crippen LogP contribution in [0.2, 0.25) is 0 Å². The molecule has 33 heavy (non-hydrogen) atoms. The molecule has 0 saturated carbocycles. The van der Waals surface area contributed by atoms with Crippen molar-refractivity contribution in [2.45, 2.75) is 33.4 Å². The first kappa shape index (κ1) is 23.2. The lowest BCUT2D eigenvalue weighted by Crippen LogP contribution is -2.17. The molecule has 170 valence electrons. The zero-order valence-electron chi connectivity index (χ0n) is 18.0. The molecule has 0 aliphatic heterocycles. The van der Waals surface area contributed by atoms with Crippen molar-refractivity contribution >= 4 is 20.4 Å². The van der Waals surface area contributed by atoms with Crippen molar-refractivity contribution in [1.29, 1.82) is 0 Å². The predicted octanol–water partition coefficient (Wildman–Crippen LogP) is 7.18. The summed E-state index contributed by atoms with van der Waals surface area (Å²) in [5.74, 6) is -2.07. The van der Waals surface area contributed by atoms with Crippen LogP contribution in [0.25, 0.3) is 0 Å². The summed E-state index contributed by atoms with van der Waals surface area (Å²) in [6, 6.07) is 26.1. The molecule has 0 N–H and O–H groups in total. The van der Waals surface area contributed by atoms with Gasteiger partial charge in [-0.15, -0.1) is 0 Å². The lowest BCUT2D eigenvalue weighted by atomic mass is 10.2. The molecule has 0 amide bonds. The summed E-state index contributed by atoms with van der Waals surface area (Å²) in [6.07, 6.45) is 0. The van der Waals surface area contributed by atoms with Gasteiger partial charge in [-0.25, -0.2) is 12.4 Å². The summed E-state index contributed by atoms with van der Waals surface area (Å²) < 4.78 is 61.4. The fraction of sp³-hybridized carbons (Fsp3) is 0.0769. The minimum atomic E-state index is -4.65. The van der Waals surface area contributed by atoms with Gasteiger partial charge in [-0.2, -0.15) is 8.42 Å². The SMILES string of the molecule is Cc1cccc(C)c1S(OS(=O)(=O)c1ccc(F)cc1F)(c1ccccc1)c1ccccc1. The molecule has 0 atom stereocenters. The predicted molar refractivity (Wildman–Crippen MR) is 126 cm³/mol. The molecule has 0 heterocycles. The maximum atomic E-state index is 14.6. The summed E-state index contributed by atoms with van der Waals surface area (Å²) in [5.41, 5.74) is 1.68. The number of benzene rings is 4. The van der Waals surface area contributed by atoms with Crippen LogP contribution in [-0.4, -0.2) is 8.42 Å². The zero-order valence-corrected chi connectivity index (χ0v) is 19.7. The highest BCUT2D eigenvalue weighted by atomic mass is 32.3. The van der Waals surface area contributed by atoms with E-state index in [0.29, 0.717) is 20.8 Å². The molecule has 4 aromatic rings. The van der Waals surface area contributed by atoms with E-state index in [4.69, 9.17) is 3.63 Å². The number of hydrogen-bond acceptors (Lipinski definition) is 3. The van der Waals surface area contributed by atoms with Crippen LogP contribution in [-0.2, 0) is 13.7 Å². The summed E-state index contributed by atoms with van der Waals surface area (Å²) >= 11 is 0. The molecule has 3 nitrogen and oxygen atoms in total. The topological polar surface area (TPSA) is 43.4 Å². The Labute approximate surface area is 194 Å². The van der Waals surface area contributed by atoms with Crippen molar-refractivity contribution in [3.05, 3.63) is 120 Å². The van der Waals surface area contributed by atoms with Crippen LogP contribution in [0.15, 0.2) is 117 Å². The Bertz CT molecular complexity index is 1330. The van der Waals surface area contributed by atoms with E-state index in [9.17, 15) is 17.2 Å². The van der Waals surface area contributed by atoms with Crippen molar-refractivity contribution < 1.29 is 20.8 Å². The first-order valence-corrected chi connectivity index (χ1v) is 13.1. The normalized spacial score (nSPS) is 12.5. The molecule has 0 fully saturated rings. The van der Waals surface area contributed by atoms with Crippen LogP contribution in [0.4, 0.5) is 8.78 Å². The van der Waals surface area contributed by atoms with Gasteiger partial charge in [0.15, 0.2) is 0 Å². The smallest absolute Gasteiger partial charge is 0.207 e. The van der Waals surface area contributed by atoms with Crippen molar-refractivity contribution in [1.82, 2.24) is 0 Å². The molecule has 7 heteroatoms. The Morgan fingerprint density at radius 1 is 0.667 bits per heavy atom. The summed E-state index contributed by atoms with van der Waals surface area (Å²) in [4.78, 5) is 1.28. The highest BCUT2D eigenvalue weighted by Gasteiger charge is 2.40. The van der Waals surface area contributed by atoms with Gasteiger partial charge < -0.3 is 0 Å². The second kappa shape index (κ2) is 9.09. The molecule has 0 bridgehead atoms. The van der Waals surface area contributed by atoms with Gasteiger partial charge in [-0.1, -0.05) is 54.6 Å². The lowest BCUT2D eigenvalue weighted by molar-refractivity contribution is 0.493. The molecule has 0 radical (unpaired) electrons. The first-order chi connectivity index (χ1) is 15.8. The maximum Gasteiger partial charge on any atom is 0.310 e. The fourth-order valence-electron chi connectivity index (χ4n) is 3.81. The first-order valence-electron chi connectivity index (χ1n) is 10.2. The maximum absolute atomic E-state index is 14.6. The Balaban J connectivity index is 2.09. The molecular weight excluding hydrogens is 462 g/mol. The highest BCUT2D eigenvalue weighted by molar-refractivity contribution is 8.33. The second-order valence-corrected chi connectivity index (χ2v) is 11.9. The standard InChI is InChI=1S/C26H22F2O3S2/c1-19-10-9-11-20(2)26(19)32(22-12-5-3-6-13-22,23-14-7-4-8-15-23)31-33(29,30)25-17-16-21(27)18-24(25)28/h3-18H,1-2H3. The molecule has 0 aliphatic rings. The van der Waals surface area contributed by atoms with Gasteiger partial charge in [0.05, 0.1) is 0 Å². The van der Waals surface area contributed by atoms with E-state index >= 15 is 0 Å². The molecular formula is C26H22F2O3S2. The van der Waals surface area contributed by atoms with E-state index < -0.39 is 37.0 Å². The molecule has 0 spiro atoms. The van der Waals surface area contributed by atoms with Gasteiger partial charge in [0, 0.05) is 20.8 Å². The van der Waals surface area contributed by atoms with Gasteiger partial charge in [0.2, 0.25) is 0 Å². The minimum absolute atomic E-state index is 0.539. The summed E-state index contributed by atoms with van der Waals surface area (Å²) in [6.45, 7) is 3.79.